The molecule has 150 valence electrons. The average molecular weight is 371 g/mol. The van der Waals surface area contributed by atoms with E-state index in [9.17, 15) is 10.2 Å². The van der Waals surface area contributed by atoms with Gasteiger partial charge in [-0.3, -0.25) is 0 Å². The summed E-state index contributed by atoms with van der Waals surface area (Å²) in [5.41, 5.74) is 3.32. The lowest BCUT2D eigenvalue weighted by Crippen LogP contribution is -2.54. The standard InChI is InChI=1S/C25H38O2/c1-4-6-7-8-18-16-24(3)21(11-12-22(24)27)25(5-2)14-13-17-15-19(26)9-10-20(17)23(18)25/h9-10,15,18,21-23,26-27H,4-8,11-14,16H2,1-3H3/t18-,21?,22-,23?,24-,25-/m0/s1. The Hall–Kier alpha value is -1.02. The minimum atomic E-state index is -0.123. The van der Waals surface area contributed by atoms with Gasteiger partial charge in [0.1, 0.15) is 5.75 Å². The Bertz CT molecular complexity index is 683. The first-order chi connectivity index (χ1) is 13.0. The van der Waals surface area contributed by atoms with Gasteiger partial charge in [-0.25, -0.2) is 0 Å². The molecule has 0 amide bonds. The molecule has 0 radical (unpaired) electrons. The number of aliphatic hydroxyl groups is 1. The van der Waals surface area contributed by atoms with Gasteiger partial charge in [0.15, 0.2) is 0 Å². The van der Waals surface area contributed by atoms with Gasteiger partial charge in [0, 0.05) is 0 Å². The van der Waals surface area contributed by atoms with Gasteiger partial charge in [-0.2, -0.15) is 0 Å². The lowest BCUT2D eigenvalue weighted by atomic mass is 9.43. The summed E-state index contributed by atoms with van der Waals surface area (Å²) in [5, 5.41) is 21.0. The van der Waals surface area contributed by atoms with Crippen LogP contribution in [0.25, 0.3) is 0 Å². The van der Waals surface area contributed by atoms with Crippen molar-refractivity contribution in [3.8, 4) is 5.75 Å². The first-order valence-corrected chi connectivity index (χ1v) is 11.5. The molecule has 6 atom stereocenters. The number of hydrogen-bond acceptors (Lipinski definition) is 2. The number of phenols is 1. The predicted octanol–water partition coefficient (Wildman–Crippen LogP) is 6.20. The van der Waals surface area contributed by atoms with Crippen molar-refractivity contribution in [1.82, 2.24) is 0 Å². The Kier molecular flexibility index (Phi) is 5.08. The van der Waals surface area contributed by atoms with Crippen LogP contribution in [0.3, 0.4) is 0 Å². The van der Waals surface area contributed by atoms with Crippen molar-refractivity contribution in [2.45, 2.75) is 97.0 Å². The number of aliphatic hydroxyl groups excluding tert-OH is 1. The van der Waals surface area contributed by atoms with Crippen LogP contribution in [0.2, 0.25) is 0 Å². The van der Waals surface area contributed by atoms with Crippen molar-refractivity contribution >= 4 is 0 Å². The number of rotatable bonds is 5. The third-order valence-electron chi connectivity index (χ3n) is 8.93. The molecule has 2 nitrogen and oxygen atoms in total. The zero-order chi connectivity index (χ0) is 19.2. The summed E-state index contributed by atoms with van der Waals surface area (Å²) in [5.74, 6) is 2.32. The third-order valence-corrected chi connectivity index (χ3v) is 8.93. The second-order valence-electron chi connectivity index (χ2n) is 10.1. The summed E-state index contributed by atoms with van der Waals surface area (Å²) in [4.78, 5) is 0. The molecular weight excluding hydrogens is 332 g/mol. The van der Waals surface area contributed by atoms with Crippen LogP contribution in [0.15, 0.2) is 18.2 Å². The maximum absolute atomic E-state index is 11.0. The normalized spacial score (nSPS) is 40.3. The fraction of sp³-hybridized carbons (Fsp3) is 0.760. The Labute approximate surface area is 165 Å². The van der Waals surface area contributed by atoms with Crippen molar-refractivity contribution in [3.63, 3.8) is 0 Å². The Morgan fingerprint density at radius 1 is 1.15 bits per heavy atom. The molecule has 0 spiro atoms. The topological polar surface area (TPSA) is 40.5 Å². The van der Waals surface area contributed by atoms with Gasteiger partial charge in [0.05, 0.1) is 6.10 Å². The SMILES string of the molecule is CCCCC[C@H]1C[C@@]2(C)C(CC[C@@H]2O)[C@]2(CC)CCc3cc(O)ccc3C12. The number of fused-ring (bicyclic) bond motifs is 5. The number of aryl methyl sites for hydroxylation is 1. The molecule has 4 rings (SSSR count). The molecule has 0 bridgehead atoms. The van der Waals surface area contributed by atoms with E-state index in [0.717, 1.165) is 12.8 Å². The zero-order valence-electron chi connectivity index (χ0n) is 17.5. The number of aromatic hydroxyl groups is 1. The fourth-order valence-corrected chi connectivity index (χ4v) is 7.75. The molecule has 0 aromatic heterocycles. The second kappa shape index (κ2) is 7.10. The monoisotopic (exact) mass is 370 g/mol. The van der Waals surface area contributed by atoms with E-state index in [4.69, 9.17) is 0 Å². The molecule has 0 heterocycles. The maximum atomic E-state index is 11.0. The van der Waals surface area contributed by atoms with E-state index >= 15 is 0 Å². The summed E-state index contributed by atoms with van der Waals surface area (Å²) >= 11 is 0. The summed E-state index contributed by atoms with van der Waals surface area (Å²) in [7, 11) is 0. The first-order valence-electron chi connectivity index (χ1n) is 11.5. The van der Waals surface area contributed by atoms with Crippen molar-refractivity contribution in [1.29, 1.82) is 0 Å². The molecule has 2 heteroatoms. The minimum Gasteiger partial charge on any atom is -0.508 e. The fourth-order valence-electron chi connectivity index (χ4n) is 7.75. The van der Waals surface area contributed by atoms with Crippen LogP contribution in [-0.4, -0.2) is 16.3 Å². The highest BCUT2D eigenvalue weighted by atomic mass is 16.3. The van der Waals surface area contributed by atoms with E-state index in [1.165, 1.54) is 62.5 Å². The third kappa shape index (κ3) is 2.85. The number of phenolic OH excluding ortho intramolecular Hbond substituents is 1. The predicted molar refractivity (Wildman–Crippen MR) is 111 cm³/mol. The van der Waals surface area contributed by atoms with Gasteiger partial charge in [-0.15, -0.1) is 0 Å². The van der Waals surface area contributed by atoms with E-state index < -0.39 is 0 Å². The smallest absolute Gasteiger partial charge is 0.115 e. The highest BCUT2D eigenvalue weighted by Crippen LogP contribution is 2.70. The van der Waals surface area contributed by atoms with E-state index in [2.05, 4.69) is 26.8 Å². The van der Waals surface area contributed by atoms with Gasteiger partial charge in [0.2, 0.25) is 0 Å². The lowest BCUT2D eigenvalue weighted by molar-refractivity contribution is -0.105. The number of unbranched alkanes of at least 4 members (excludes halogenated alkanes) is 2. The Balaban J connectivity index is 1.80. The molecule has 3 aliphatic carbocycles. The van der Waals surface area contributed by atoms with Crippen LogP contribution in [-0.2, 0) is 6.42 Å². The first kappa shape index (κ1) is 19.3. The molecule has 0 saturated heterocycles. The second-order valence-corrected chi connectivity index (χ2v) is 10.1. The minimum absolute atomic E-state index is 0.0951. The molecule has 2 saturated carbocycles. The van der Waals surface area contributed by atoms with Gasteiger partial charge < -0.3 is 10.2 Å². The zero-order valence-corrected chi connectivity index (χ0v) is 17.5. The average Bonchev–Trinajstić information content (AvgIpc) is 2.96. The van der Waals surface area contributed by atoms with Crippen LogP contribution in [0.1, 0.15) is 95.6 Å². The quantitative estimate of drug-likeness (QED) is 0.606. The van der Waals surface area contributed by atoms with Gasteiger partial charge in [-0.1, -0.05) is 46.1 Å². The van der Waals surface area contributed by atoms with Gasteiger partial charge in [-0.05, 0) is 96.8 Å². The van der Waals surface area contributed by atoms with Crippen LogP contribution in [0, 0.1) is 22.7 Å². The maximum Gasteiger partial charge on any atom is 0.115 e. The number of hydrogen-bond donors (Lipinski definition) is 2. The van der Waals surface area contributed by atoms with E-state index in [0.29, 0.717) is 28.9 Å². The molecule has 2 N–H and O–H groups in total. The van der Waals surface area contributed by atoms with Crippen LogP contribution in [0.5, 0.6) is 5.75 Å². The molecule has 27 heavy (non-hydrogen) atoms. The molecular formula is C25H38O2. The Morgan fingerprint density at radius 2 is 1.96 bits per heavy atom. The molecule has 3 aliphatic rings. The summed E-state index contributed by atoms with van der Waals surface area (Å²) in [6, 6.07) is 6.17. The molecule has 0 aliphatic heterocycles. The van der Waals surface area contributed by atoms with E-state index in [1.807, 2.05) is 12.1 Å². The van der Waals surface area contributed by atoms with Crippen molar-refractivity contribution in [2.24, 2.45) is 22.7 Å². The van der Waals surface area contributed by atoms with E-state index in [-0.39, 0.29) is 11.5 Å². The van der Waals surface area contributed by atoms with Crippen LogP contribution < -0.4 is 0 Å². The lowest BCUT2D eigenvalue weighted by Gasteiger charge is -2.61. The van der Waals surface area contributed by atoms with E-state index in [1.54, 1.807) is 0 Å². The molecule has 1 aromatic carbocycles. The van der Waals surface area contributed by atoms with Crippen LogP contribution in [0.4, 0.5) is 0 Å². The number of benzene rings is 1. The molecule has 1 aromatic rings. The van der Waals surface area contributed by atoms with Crippen molar-refractivity contribution in [2.75, 3.05) is 0 Å². The van der Waals surface area contributed by atoms with Crippen LogP contribution >= 0.6 is 0 Å². The largest absolute Gasteiger partial charge is 0.508 e. The van der Waals surface area contributed by atoms with Gasteiger partial charge in [0.25, 0.3) is 0 Å². The molecule has 2 unspecified atom stereocenters. The summed E-state index contributed by atoms with van der Waals surface area (Å²) in [6.45, 7) is 7.09. The summed E-state index contributed by atoms with van der Waals surface area (Å²) in [6.07, 6.45) is 11.9. The highest BCUT2D eigenvalue weighted by Gasteiger charge is 2.63. The summed E-state index contributed by atoms with van der Waals surface area (Å²) < 4.78 is 0. The molecule has 2 fully saturated rings. The van der Waals surface area contributed by atoms with Crippen molar-refractivity contribution in [3.05, 3.63) is 29.3 Å². The highest BCUT2D eigenvalue weighted by molar-refractivity contribution is 5.42. The van der Waals surface area contributed by atoms with Gasteiger partial charge >= 0.3 is 0 Å². The van der Waals surface area contributed by atoms with Crippen molar-refractivity contribution < 1.29 is 10.2 Å². The Morgan fingerprint density at radius 3 is 2.70 bits per heavy atom.